The summed E-state index contributed by atoms with van der Waals surface area (Å²) in [5, 5.41) is 2.90. The molecule has 1 aromatic carbocycles. The van der Waals surface area contributed by atoms with Gasteiger partial charge in [0.15, 0.2) is 0 Å². The van der Waals surface area contributed by atoms with Gasteiger partial charge in [-0.25, -0.2) is 4.79 Å². The lowest BCUT2D eigenvalue weighted by atomic mass is 9.89. The predicted molar refractivity (Wildman–Crippen MR) is 104 cm³/mol. The van der Waals surface area contributed by atoms with Crippen LogP contribution in [0.2, 0.25) is 0 Å². The maximum absolute atomic E-state index is 12.7. The Morgan fingerprint density at radius 1 is 1.21 bits per heavy atom. The fraction of sp³-hybridized carbons (Fsp3) is 0.455. The number of hydrogen-bond donors (Lipinski definition) is 1. The van der Waals surface area contributed by atoms with Crippen molar-refractivity contribution in [3.63, 3.8) is 0 Å². The fourth-order valence-corrected chi connectivity index (χ4v) is 3.30. The summed E-state index contributed by atoms with van der Waals surface area (Å²) < 4.78 is 16.8. The van der Waals surface area contributed by atoms with Gasteiger partial charge in [-0.2, -0.15) is 0 Å². The molecule has 1 amide bonds. The summed E-state index contributed by atoms with van der Waals surface area (Å²) in [4.78, 5) is 25.0. The molecule has 1 aliphatic heterocycles. The molecule has 3 atom stereocenters. The van der Waals surface area contributed by atoms with Gasteiger partial charge < -0.3 is 19.2 Å². The molecule has 1 aromatic heterocycles. The van der Waals surface area contributed by atoms with E-state index < -0.39 is 23.7 Å². The lowest BCUT2D eigenvalue weighted by Gasteiger charge is -2.33. The van der Waals surface area contributed by atoms with Crippen LogP contribution in [0.15, 0.2) is 53.1 Å². The number of rotatable bonds is 5. The maximum Gasteiger partial charge on any atom is 0.407 e. The fourth-order valence-electron chi connectivity index (χ4n) is 3.30. The number of carbonyl (C=O) groups is 2. The van der Waals surface area contributed by atoms with Crippen molar-refractivity contribution in [2.75, 3.05) is 6.61 Å². The van der Waals surface area contributed by atoms with Gasteiger partial charge in [0, 0.05) is 6.42 Å². The molecule has 1 aliphatic rings. The Kier molecular flexibility index (Phi) is 6.19. The number of nitrogens with one attached hydrogen (secondary N) is 1. The van der Waals surface area contributed by atoms with E-state index in [1.54, 1.807) is 18.4 Å². The van der Waals surface area contributed by atoms with Crippen molar-refractivity contribution in [1.82, 2.24) is 5.32 Å². The van der Waals surface area contributed by atoms with Gasteiger partial charge in [-0.3, -0.25) is 4.79 Å². The van der Waals surface area contributed by atoms with Gasteiger partial charge >= 0.3 is 6.09 Å². The molecule has 6 heteroatoms. The number of benzene rings is 1. The highest BCUT2D eigenvalue weighted by Gasteiger charge is 2.37. The molecule has 0 spiro atoms. The van der Waals surface area contributed by atoms with Crippen LogP contribution in [-0.2, 0) is 20.7 Å². The highest BCUT2D eigenvalue weighted by Crippen LogP contribution is 2.28. The number of ether oxygens (including phenoxy) is 2. The zero-order valence-electron chi connectivity index (χ0n) is 16.5. The van der Waals surface area contributed by atoms with Gasteiger partial charge in [0.1, 0.15) is 17.1 Å². The number of alkyl carbamates (subject to hydrolysis) is 1. The molecule has 1 fully saturated rings. The second-order valence-electron chi connectivity index (χ2n) is 8.05. The van der Waals surface area contributed by atoms with Crippen LogP contribution in [0.5, 0.6) is 0 Å². The molecule has 0 aliphatic carbocycles. The Labute approximate surface area is 165 Å². The van der Waals surface area contributed by atoms with E-state index in [1.165, 1.54) is 0 Å². The van der Waals surface area contributed by atoms with Crippen molar-refractivity contribution in [2.24, 2.45) is 0 Å². The standard InChI is InChI=1S/C22H27NO5/c1-22(2,3)28-21(25)23-17(12-15-8-5-4-6-9-15)20-13-18(24)16(14-27-20)19-10-7-11-26-19/h4-11,16-17,20H,12-14H2,1-3H3,(H,23,25)/t16-,17-,20-/m1/s1. The van der Waals surface area contributed by atoms with Crippen LogP contribution >= 0.6 is 0 Å². The molecule has 6 nitrogen and oxygen atoms in total. The molecular weight excluding hydrogens is 358 g/mol. The number of amides is 1. The van der Waals surface area contributed by atoms with Crippen LogP contribution in [-0.4, -0.2) is 36.2 Å². The maximum atomic E-state index is 12.7. The van der Waals surface area contributed by atoms with E-state index in [1.807, 2.05) is 51.1 Å². The number of hydrogen-bond acceptors (Lipinski definition) is 5. The predicted octanol–water partition coefficient (Wildman–Crippen LogP) is 3.86. The summed E-state index contributed by atoms with van der Waals surface area (Å²) in [6.07, 6.45) is 1.36. The van der Waals surface area contributed by atoms with E-state index in [-0.39, 0.29) is 24.9 Å². The molecule has 150 valence electrons. The molecule has 0 bridgehead atoms. The topological polar surface area (TPSA) is 77.8 Å². The summed E-state index contributed by atoms with van der Waals surface area (Å²) in [6, 6.07) is 13.0. The van der Waals surface area contributed by atoms with E-state index in [0.717, 1.165) is 5.56 Å². The van der Waals surface area contributed by atoms with Gasteiger partial charge in [0.05, 0.1) is 30.9 Å². The third kappa shape index (κ3) is 5.45. The average molecular weight is 385 g/mol. The second kappa shape index (κ2) is 8.61. The average Bonchev–Trinajstić information content (AvgIpc) is 3.14. The van der Waals surface area contributed by atoms with Crippen molar-refractivity contribution in [3.05, 3.63) is 60.1 Å². The summed E-state index contributed by atoms with van der Waals surface area (Å²) in [7, 11) is 0. The third-order valence-corrected chi connectivity index (χ3v) is 4.60. The minimum Gasteiger partial charge on any atom is -0.469 e. The van der Waals surface area contributed by atoms with Crippen molar-refractivity contribution in [3.8, 4) is 0 Å². The van der Waals surface area contributed by atoms with Crippen LogP contribution in [0, 0.1) is 0 Å². The van der Waals surface area contributed by atoms with Gasteiger partial charge in [0.2, 0.25) is 0 Å². The number of ketones is 1. The minimum atomic E-state index is -0.602. The number of carbonyl (C=O) groups excluding carboxylic acids is 2. The minimum absolute atomic E-state index is 0.0512. The van der Waals surface area contributed by atoms with Crippen molar-refractivity contribution >= 4 is 11.9 Å². The largest absolute Gasteiger partial charge is 0.469 e. The highest BCUT2D eigenvalue weighted by molar-refractivity contribution is 5.86. The Hall–Kier alpha value is -2.60. The molecule has 0 unspecified atom stereocenters. The molecule has 0 saturated carbocycles. The Morgan fingerprint density at radius 3 is 2.57 bits per heavy atom. The first-order valence-electron chi connectivity index (χ1n) is 9.53. The Morgan fingerprint density at radius 2 is 1.96 bits per heavy atom. The molecule has 3 rings (SSSR count). The van der Waals surface area contributed by atoms with Crippen molar-refractivity contribution in [1.29, 1.82) is 0 Å². The smallest absolute Gasteiger partial charge is 0.407 e. The molecular formula is C22H27NO5. The molecule has 1 saturated heterocycles. The summed E-state index contributed by atoms with van der Waals surface area (Å²) >= 11 is 0. The third-order valence-electron chi connectivity index (χ3n) is 4.60. The van der Waals surface area contributed by atoms with Gasteiger partial charge in [0.25, 0.3) is 0 Å². The molecule has 28 heavy (non-hydrogen) atoms. The summed E-state index contributed by atoms with van der Waals surface area (Å²) in [6.45, 7) is 5.67. The van der Waals surface area contributed by atoms with Crippen molar-refractivity contribution < 1.29 is 23.5 Å². The van der Waals surface area contributed by atoms with Crippen LogP contribution < -0.4 is 5.32 Å². The normalized spacial score (nSPS) is 21.2. The summed E-state index contributed by atoms with van der Waals surface area (Å²) in [5.41, 5.74) is 0.447. The van der Waals surface area contributed by atoms with Gasteiger partial charge in [-0.05, 0) is 44.9 Å². The lowest BCUT2D eigenvalue weighted by molar-refractivity contribution is -0.133. The van der Waals surface area contributed by atoms with E-state index in [4.69, 9.17) is 13.9 Å². The first kappa shape index (κ1) is 20.1. The SMILES string of the molecule is CC(C)(C)OC(=O)N[C@H](Cc1ccccc1)[C@H]1CC(=O)[C@H](c2ccco2)CO1. The quantitative estimate of drug-likeness (QED) is 0.846. The molecule has 2 heterocycles. The van der Waals surface area contributed by atoms with E-state index >= 15 is 0 Å². The number of Topliss-reactive ketones (excluding diaryl/α,β-unsaturated/α-hetero) is 1. The van der Waals surface area contributed by atoms with E-state index in [2.05, 4.69) is 5.32 Å². The molecule has 0 radical (unpaired) electrons. The zero-order chi connectivity index (χ0) is 20.1. The van der Waals surface area contributed by atoms with Gasteiger partial charge in [-0.1, -0.05) is 30.3 Å². The van der Waals surface area contributed by atoms with E-state index in [0.29, 0.717) is 12.2 Å². The lowest BCUT2D eigenvalue weighted by Crippen LogP contribution is -2.50. The van der Waals surface area contributed by atoms with Gasteiger partial charge in [-0.15, -0.1) is 0 Å². The first-order valence-corrected chi connectivity index (χ1v) is 9.53. The second-order valence-corrected chi connectivity index (χ2v) is 8.05. The molecule has 2 aromatic rings. The first-order chi connectivity index (χ1) is 13.3. The van der Waals surface area contributed by atoms with E-state index in [9.17, 15) is 9.59 Å². The molecule has 1 N–H and O–H groups in total. The van der Waals surface area contributed by atoms with Crippen LogP contribution in [0.4, 0.5) is 4.79 Å². The Bertz CT molecular complexity index is 779. The zero-order valence-corrected chi connectivity index (χ0v) is 16.5. The number of furan rings is 1. The highest BCUT2D eigenvalue weighted by atomic mass is 16.6. The monoisotopic (exact) mass is 385 g/mol. The van der Waals surface area contributed by atoms with Crippen LogP contribution in [0.25, 0.3) is 0 Å². The van der Waals surface area contributed by atoms with Crippen molar-refractivity contribution in [2.45, 2.75) is 57.3 Å². The van der Waals surface area contributed by atoms with Crippen LogP contribution in [0.1, 0.15) is 44.4 Å². The summed E-state index contributed by atoms with van der Waals surface area (Å²) in [5.74, 6) is 0.267. The Balaban J connectivity index is 1.71. The van der Waals surface area contributed by atoms with Crippen LogP contribution in [0.3, 0.4) is 0 Å².